The van der Waals surface area contributed by atoms with E-state index in [1.165, 1.54) is 32.1 Å². The molecule has 0 aromatic carbocycles. The molecule has 19 heavy (non-hydrogen) atoms. The zero-order valence-electron chi connectivity index (χ0n) is 12.7. The molecule has 0 spiro atoms. The molecular formula is C16H30N2O. The van der Waals surface area contributed by atoms with Crippen LogP contribution in [-0.4, -0.2) is 30.6 Å². The fraction of sp³-hybridized carbons (Fsp3) is 0.938. The number of carbonyl (C=O) groups is 1. The van der Waals surface area contributed by atoms with E-state index in [0.717, 1.165) is 50.2 Å². The molecule has 110 valence electrons. The Morgan fingerprint density at radius 3 is 2.53 bits per heavy atom. The number of nitrogens with one attached hydrogen (secondary N) is 1. The first kappa shape index (κ1) is 14.7. The van der Waals surface area contributed by atoms with Crippen molar-refractivity contribution in [3.63, 3.8) is 0 Å². The van der Waals surface area contributed by atoms with Crippen LogP contribution in [0.5, 0.6) is 0 Å². The molecule has 1 saturated heterocycles. The van der Waals surface area contributed by atoms with Crippen LogP contribution in [0.4, 0.5) is 4.79 Å². The lowest BCUT2D eigenvalue weighted by molar-refractivity contribution is 0.172. The van der Waals surface area contributed by atoms with Gasteiger partial charge in [-0.15, -0.1) is 0 Å². The van der Waals surface area contributed by atoms with Crippen LogP contribution in [0.3, 0.4) is 0 Å². The van der Waals surface area contributed by atoms with E-state index in [1.807, 2.05) is 4.90 Å². The minimum atomic E-state index is 0.163. The highest BCUT2D eigenvalue weighted by molar-refractivity contribution is 5.74. The van der Waals surface area contributed by atoms with Crippen LogP contribution in [0.1, 0.15) is 58.8 Å². The van der Waals surface area contributed by atoms with Gasteiger partial charge in [0.25, 0.3) is 0 Å². The molecule has 0 radical (unpaired) electrons. The van der Waals surface area contributed by atoms with Crippen molar-refractivity contribution in [1.82, 2.24) is 10.2 Å². The number of hydrogen-bond acceptors (Lipinski definition) is 1. The molecule has 1 saturated carbocycles. The van der Waals surface area contributed by atoms with Crippen LogP contribution in [0.15, 0.2) is 0 Å². The van der Waals surface area contributed by atoms with Crippen LogP contribution in [0.2, 0.25) is 0 Å². The van der Waals surface area contributed by atoms with Crippen molar-refractivity contribution < 1.29 is 4.79 Å². The molecule has 1 heterocycles. The third-order valence-electron chi connectivity index (χ3n) is 4.94. The largest absolute Gasteiger partial charge is 0.338 e. The Labute approximate surface area is 118 Å². The molecule has 2 unspecified atom stereocenters. The molecule has 0 aromatic rings. The van der Waals surface area contributed by atoms with E-state index in [1.54, 1.807) is 0 Å². The molecule has 0 bridgehead atoms. The number of nitrogens with zero attached hydrogens (tertiary/aromatic N) is 1. The van der Waals surface area contributed by atoms with Crippen molar-refractivity contribution in [3.05, 3.63) is 0 Å². The van der Waals surface area contributed by atoms with Crippen molar-refractivity contribution >= 4 is 6.03 Å². The summed E-state index contributed by atoms with van der Waals surface area (Å²) in [6, 6.07) is 0.163. The van der Waals surface area contributed by atoms with Crippen LogP contribution >= 0.6 is 0 Å². The molecule has 3 heteroatoms. The van der Waals surface area contributed by atoms with Crippen LogP contribution < -0.4 is 5.32 Å². The second kappa shape index (κ2) is 7.16. The monoisotopic (exact) mass is 266 g/mol. The highest BCUT2D eigenvalue weighted by Crippen LogP contribution is 2.30. The molecule has 2 atom stereocenters. The van der Waals surface area contributed by atoms with E-state index in [2.05, 4.69) is 19.2 Å². The Hall–Kier alpha value is -0.730. The van der Waals surface area contributed by atoms with Gasteiger partial charge in [0.15, 0.2) is 0 Å². The van der Waals surface area contributed by atoms with Crippen molar-refractivity contribution in [2.24, 2.45) is 17.8 Å². The molecule has 0 aromatic heterocycles. The second-order valence-corrected chi connectivity index (χ2v) is 6.83. The van der Waals surface area contributed by atoms with Crippen LogP contribution in [-0.2, 0) is 0 Å². The average molecular weight is 266 g/mol. The molecule has 3 nitrogen and oxygen atoms in total. The van der Waals surface area contributed by atoms with Gasteiger partial charge in [-0.3, -0.25) is 0 Å². The summed E-state index contributed by atoms with van der Waals surface area (Å²) in [6.07, 6.45) is 8.98. The van der Waals surface area contributed by atoms with E-state index in [4.69, 9.17) is 0 Å². The predicted octanol–water partition coefficient (Wildman–Crippen LogP) is 3.64. The zero-order chi connectivity index (χ0) is 13.7. The second-order valence-electron chi connectivity index (χ2n) is 6.83. The number of piperidine rings is 1. The summed E-state index contributed by atoms with van der Waals surface area (Å²) < 4.78 is 0. The van der Waals surface area contributed by atoms with Crippen molar-refractivity contribution in [1.29, 1.82) is 0 Å². The highest BCUT2D eigenvalue weighted by atomic mass is 16.2. The summed E-state index contributed by atoms with van der Waals surface area (Å²) in [4.78, 5) is 14.0. The molecular weight excluding hydrogens is 236 g/mol. The van der Waals surface area contributed by atoms with Gasteiger partial charge in [-0.05, 0) is 43.4 Å². The number of hydrogen-bond donors (Lipinski definition) is 1. The van der Waals surface area contributed by atoms with Crippen molar-refractivity contribution in [2.45, 2.75) is 58.8 Å². The Balaban J connectivity index is 1.61. The van der Waals surface area contributed by atoms with Gasteiger partial charge < -0.3 is 10.2 Å². The van der Waals surface area contributed by atoms with Gasteiger partial charge in [-0.25, -0.2) is 4.79 Å². The summed E-state index contributed by atoms with van der Waals surface area (Å²) >= 11 is 0. The summed E-state index contributed by atoms with van der Waals surface area (Å²) in [5.74, 6) is 2.51. The molecule has 1 N–H and O–H groups in total. The van der Waals surface area contributed by atoms with Crippen LogP contribution in [0, 0.1) is 17.8 Å². The van der Waals surface area contributed by atoms with Crippen molar-refractivity contribution in [2.75, 3.05) is 19.6 Å². The number of urea groups is 1. The molecule has 2 fully saturated rings. The lowest BCUT2D eigenvalue weighted by Crippen LogP contribution is -2.44. The standard InChI is InChI=1S/C16H30N2O/c1-13-7-10-18(11-8-13)16(19)17-9-6-15-5-3-4-14(2)12-15/h13-15H,3-12H2,1-2H3,(H,17,19). The van der Waals surface area contributed by atoms with Gasteiger partial charge in [0, 0.05) is 19.6 Å². The number of rotatable bonds is 3. The maximum Gasteiger partial charge on any atom is 0.317 e. The molecule has 1 aliphatic carbocycles. The van der Waals surface area contributed by atoms with Gasteiger partial charge in [0.1, 0.15) is 0 Å². The maximum atomic E-state index is 12.0. The molecule has 2 amide bonds. The fourth-order valence-corrected chi connectivity index (χ4v) is 3.53. The lowest BCUT2D eigenvalue weighted by Gasteiger charge is -2.31. The first-order chi connectivity index (χ1) is 9.15. The third kappa shape index (κ3) is 4.70. The van der Waals surface area contributed by atoms with E-state index in [9.17, 15) is 4.79 Å². The summed E-state index contributed by atoms with van der Waals surface area (Å²) in [5.41, 5.74) is 0. The summed E-state index contributed by atoms with van der Waals surface area (Å²) in [6.45, 7) is 7.38. The number of likely N-dealkylation sites (tertiary alicyclic amines) is 1. The van der Waals surface area contributed by atoms with Crippen molar-refractivity contribution in [3.8, 4) is 0 Å². The highest BCUT2D eigenvalue weighted by Gasteiger charge is 2.21. The number of carbonyl (C=O) groups excluding carboxylic acids is 1. The normalized spacial score (nSPS) is 29.3. The first-order valence-corrected chi connectivity index (χ1v) is 8.18. The topological polar surface area (TPSA) is 32.3 Å². The first-order valence-electron chi connectivity index (χ1n) is 8.18. The fourth-order valence-electron chi connectivity index (χ4n) is 3.53. The van der Waals surface area contributed by atoms with Gasteiger partial charge >= 0.3 is 6.03 Å². The Morgan fingerprint density at radius 1 is 1.11 bits per heavy atom. The Morgan fingerprint density at radius 2 is 1.84 bits per heavy atom. The van der Waals surface area contributed by atoms with E-state index in [-0.39, 0.29) is 6.03 Å². The minimum absolute atomic E-state index is 0.163. The Bertz CT molecular complexity index is 284. The maximum absolute atomic E-state index is 12.0. The molecule has 2 aliphatic rings. The molecule has 2 rings (SSSR count). The van der Waals surface area contributed by atoms with E-state index < -0.39 is 0 Å². The summed E-state index contributed by atoms with van der Waals surface area (Å²) in [5, 5.41) is 3.12. The van der Waals surface area contributed by atoms with Crippen LogP contribution in [0.25, 0.3) is 0 Å². The summed E-state index contributed by atoms with van der Waals surface area (Å²) in [7, 11) is 0. The van der Waals surface area contributed by atoms with Gasteiger partial charge in [-0.1, -0.05) is 33.1 Å². The Kier molecular flexibility index (Phi) is 5.53. The van der Waals surface area contributed by atoms with Gasteiger partial charge in [0.05, 0.1) is 0 Å². The van der Waals surface area contributed by atoms with Gasteiger partial charge in [0.2, 0.25) is 0 Å². The third-order valence-corrected chi connectivity index (χ3v) is 4.94. The minimum Gasteiger partial charge on any atom is -0.338 e. The average Bonchev–Trinajstić information content (AvgIpc) is 2.39. The lowest BCUT2D eigenvalue weighted by atomic mass is 9.81. The van der Waals surface area contributed by atoms with Gasteiger partial charge in [-0.2, -0.15) is 0 Å². The molecule has 1 aliphatic heterocycles. The smallest absolute Gasteiger partial charge is 0.317 e. The predicted molar refractivity (Wildman–Crippen MR) is 79.1 cm³/mol. The van der Waals surface area contributed by atoms with E-state index in [0.29, 0.717) is 0 Å². The zero-order valence-corrected chi connectivity index (χ0v) is 12.7. The quantitative estimate of drug-likeness (QED) is 0.831. The SMILES string of the molecule is CC1CCN(C(=O)NCCC2CCCC(C)C2)CC1. The van der Waals surface area contributed by atoms with E-state index >= 15 is 0 Å². The number of amides is 2.